The van der Waals surface area contributed by atoms with Crippen molar-refractivity contribution < 1.29 is 32.2 Å². The van der Waals surface area contributed by atoms with Crippen LogP contribution >= 0.6 is 0 Å². The average Bonchev–Trinajstić information content (AvgIpc) is 2.60. The average molecular weight is 238 g/mol. The molecule has 0 fully saturated rings. The predicted octanol–water partition coefficient (Wildman–Crippen LogP) is 2.45. The maximum absolute atomic E-state index is 12.0. The van der Waals surface area contributed by atoms with Gasteiger partial charge in [0.05, 0.1) is 5.56 Å². The van der Waals surface area contributed by atoms with E-state index in [0.29, 0.717) is 0 Å². The second-order valence-electron chi connectivity index (χ2n) is 3.10. The lowest BCUT2D eigenvalue weighted by Crippen LogP contribution is -2.28. The minimum atomic E-state index is -4.44. The van der Waals surface area contributed by atoms with Gasteiger partial charge in [0.15, 0.2) is 6.10 Å². The zero-order chi connectivity index (χ0) is 12.3. The normalized spacial score (nSPS) is 13.8. The molecule has 7 heteroatoms. The molecule has 4 nitrogen and oxygen atoms in total. The van der Waals surface area contributed by atoms with Crippen LogP contribution in [-0.2, 0) is 11.3 Å². The largest absolute Gasteiger partial charge is 0.478 e. The quantitative estimate of drug-likeness (QED) is 0.875. The molecule has 0 aliphatic rings. The maximum Gasteiger partial charge on any atom is 0.414 e. The van der Waals surface area contributed by atoms with Gasteiger partial charge in [0.1, 0.15) is 18.6 Å². The van der Waals surface area contributed by atoms with E-state index in [2.05, 4.69) is 4.74 Å². The summed E-state index contributed by atoms with van der Waals surface area (Å²) in [6.45, 7) is 0.439. The Balaban J connectivity index is 2.52. The van der Waals surface area contributed by atoms with Gasteiger partial charge in [-0.25, -0.2) is 4.79 Å². The Kier molecular flexibility index (Phi) is 3.58. The molecule has 0 aliphatic carbocycles. The standard InChI is InChI=1S/C9H9F3O4/c1-5(9(10,11)12)15-4-7-2-6(3-16-7)8(13)14/h2-3,5H,4H2,1H3,(H,13,14). The second kappa shape index (κ2) is 4.56. The summed E-state index contributed by atoms with van der Waals surface area (Å²) in [6.07, 6.45) is -5.42. The van der Waals surface area contributed by atoms with Gasteiger partial charge in [-0.3, -0.25) is 0 Å². The molecule has 1 aromatic heterocycles. The fourth-order valence-corrected chi connectivity index (χ4v) is 0.870. The van der Waals surface area contributed by atoms with E-state index in [1.165, 1.54) is 0 Å². The highest BCUT2D eigenvalue weighted by molar-refractivity contribution is 5.87. The number of carbonyl (C=O) groups is 1. The molecule has 0 aliphatic heterocycles. The third-order valence-electron chi connectivity index (χ3n) is 1.84. The Morgan fingerprint density at radius 1 is 1.62 bits per heavy atom. The van der Waals surface area contributed by atoms with Crippen LogP contribution in [0.3, 0.4) is 0 Å². The molecular weight excluding hydrogens is 229 g/mol. The van der Waals surface area contributed by atoms with Crippen molar-refractivity contribution in [1.29, 1.82) is 0 Å². The van der Waals surface area contributed by atoms with Gasteiger partial charge in [-0.05, 0) is 13.0 Å². The van der Waals surface area contributed by atoms with E-state index in [0.717, 1.165) is 19.3 Å². The van der Waals surface area contributed by atoms with E-state index in [1.807, 2.05) is 0 Å². The molecule has 1 aromatic rings. The summed E-state index contributed by atoms with van der Waals surface area (Å²) < 4.78 is 45.3. The van der Waals surface area contributed by atoms with E-state index in [9.17, 15) is 18.0 Å². The van der Waals surface area contributed by atoms with Gasteiger partial charge in [-0.15, -0.1) is 0 Å². The van der Waals surface area contributed by atoms with E-state index in [4.69, 9.17) is 9.52 Å². The van der Waals surface area contributed by atoms with E-state index < -0.39 is 24.9 Å². The first-order chi connectivity index (χ1) is 7.30. The molecule has 1 unspecified atom stereocenters. The van der Waals surface area contributed by atoms with Gasteiger partial charge in [0.25, 0.3) is 0 Å². The smallest absolute Gasteiger partial charge is 0.414 e. The van der Waals surface area contributed by atoms with Crippen molar-refractivity contribution in [2.24, 2.45) is 0 Å². The SMILES string of the molecule is CC(OCc1cc(C(=O)O)co1)C(F)(F)F. The second-order valence-corrected chi connectivity index (χ2v) is 3.10. The van der Waals surface area contributed by atoms with Gasteiger partial charge in [-0.2, -0.15) is 13.2 Å². The lowest BCUT2D eigenvalue weighted by Gasteiger charge is -2.15. The molecule has 16 heavy (non-hydrogen) atoms. The summed E-state index contributed by atoms with van der Waals surface area (Å²) in [7, 11) is 0. The third kappa shape index (κ3) is 3.27. The summed E-state index contributed by atoms with van der Waals surface area (Å²) >= 11 is 0. The van der Waals surface area contributed by atoms with Crippen LogP contribution in [0.2, 0.25) is 0 Å². The van der Waals surface area contributed by atoms with Crippen molar-refractivity contribution in [3.8, 4) is 0 Å². The molecule has 90 valence electrons. The zero-order valence-corrected chi connectivity index (χ0v) is 8.25. The minimum Gasteiger partial charge on any atom is -0.478 e. The topological polar surface area (TPSA) is 59.7 Å². The molecule has 1 rings (SSSR count). The summed E-state index contributed by atoms with van der Waals surface area (Å²) in [6, 6.07) is 1.12. The fraction of sp³-hybridized carbons (Fsp3) is 0.444. The molecule has 1 heterocycles. The number of carboxylic acid groups (broad SMARTS) is 1. The first-order valence-corrected chi connectivity index (χ1v) is 4.29. The fourth-order valence-electron chi connectivity index (χ4n) is 0.870. The van der Waals surface area contributed by atoms with Crippen molar-refractivity contribution in [1.82, 2.24) is 0 Å². The predicted molar refractivity (Wildman–Crippen MR) is 46.0 cm³/mol. The number of furan rings is 1. The number of hydrogen-bond donors (Lipinski definition) is 1. The first kappa shape index (κ1) is 12.6. The summed E-state index contributed by atoms with van der Waals surface area (Å²) in [5.41, 5.74) is -0.127. The number of carboxylic acids is 1. The molecular formula is C9H9F3O4. The number of ether oxygens (including phenoxy) is 1. The monoisotopic (exact) mass is 238 g/mol. The van der Waals surface area contributed by atoms with Crippen molar-refractivity contribution in [3.05, 3.63) is 23.7 Å². The van der Waals surface area contributed by atoms with E-state index >= 15 is 0 Å². The Morgan fingerprint density at radius 3 is 2.69 bits per heavy atom. The van der Waals surface area contributed by atoms with Crippen LogP contribution in [0.1, 0.15) is 23.0 Å². The van der Waals surface area contributed by atoms with E-state index in [1.54, 1.807) is 0 Å². The van der Waals surface area contributed by atoms with Crippen LogP contribution in [0, 0.1) is 0 Å². The van der Waals surface area contributed by atoms with Crippen molar-refractivity contribution in [2.45, 2.75) is 25.8 Å². The number of aromatic carboxylic acids is 1. The molecule has 1 N–H and O–H groups in total. The molecule has 0 saturated carbocycles. The number of alkyl halides is 3. The summed E-state index contributed by atoms with van der Waals surface area (Å²) in [5.74, 6) is -1.17. The van der Waals surface area contributed by atoms with Gasteiger partial charge in [-0.1, -0.05) is 0 Å². The maximum atomic E-state index is 12.0. The Bertz CT molecular complexity index is 369. The minimum absolute atomic E-state index is 0.0356. The highest BCUT2D eigenvalue weighted by atomic mass is 19.4. The number of hydrogen-bond acceptors (Lipinski definition) is 3. The van der Waals surface area contributed by atoms with Gasteiger partial charge < -0.3 is 14.3 Å². The van der Waals surface area contributed by atoms with Crippen LogP contribution in [0.4, 0.5) is 13.2 Å². The summed E-state index contributed by atoms with van der Waals surface area (Å²) in [4.78, 5) is 10.4. The molecule has 0 radical (unpaired) electrons. The summed E-state index contributed by atoms with van der Waals surface area (Å²) in [5, 5.41) is 8.52. The van der Waals surface area contributed by atoms with Crippen molar-refractivity contribution in [2.75, 3.05) is 0 Å². The number of rotatable bonds is 4. The van der Waals surface area contributed by atoms with Gasteiger partial charge in [0.2, 0.25) is 0 Å². The van der Waals surface area contributed by atoms with Crippen LogP contribution in [0.25, 0.3) is 0 Å². The van der Waals surface area contributed by atoms with Crippen LogP contribution in [0.15, 0.2) is 16.7 Å². The van der Waals surface area contributed by atoms with Crippen LogP contribution in [-0.4, -0.2) is 23.4 Å². The Morgan fingerprint density at radius 2 is 2.25 bits per heavy atom. The molecule has 0 bridgehead atoms. The molecule has 0 spiro atoms. The molecule has 0 amide bonds. The molecule has 1 atom stereocenters. The highest BCUT2D eigenvalue weighted by Crippen LogP contribution is 2.23. The lowest BCUT2D eigenvalue weighted by molar-refractivity contribution is -0.218. The zero-order valence-electron chi connectivity index (χ0n) is 8.25. The van der Waals surface area contributed by atoms with E-state index in [-0.39, 0.29) is 11.3 Å². The molecule has 0 aromatic carbocycles. The first-order valence-electron chi connectivity index (χ1n) is 4.29. The van der Waals surface area contributed by atoms with Crippen LogP contribution < -0.4 is 0 Å². The highest BCUT2D eigenvalue weighted by Gasteiger charge is 2.37. The molecule has 0 saturated heterocycles. The third-order valence-corrected chi connectivity index (χ3v) is 1.84. The van der Waals surface area contributed by atoms with Gasteiger partial charge in [0, 0.05) is 0 Å². The Hall–Kier alpha value is -1.50. The van der Waals surface area contributed by atoms with Crippen LogP contribution in [0.5, 0.6) is 0 Å². The van der Waals surface area contributed by atoms with Crippen molar-refractivity contribution >= 4 is 5.97 Å². The number of halogens is 3. The Labute approximate surface area is 88.6 Å². The lowest BCUT2D eigenvalue weighted by atomic mass is 10.3. The van der Waals surface area contributed by atoms with Crippen molar-refractivity contribution in [3.63, 3.8) is 0 Å². The van der Waals surface area contributed by atoms with Gasteiger partial charge >= 0.3 is 12.1 Å².